The minimum absolute atomic E-state index is 0.0755. The maximum Gasteiger partial charge on any atom is 0.441 e. The Kier molecular flexibility index (Phi) is 4.93. The standard InChI is InChI=1S/C9H13F3O4S2/c10-9(11,12)17-3-1-7(8(13)14)6-2-4-18(15,16)5-6/h6-7H,1-5H2,(H,13,14). The molecule has 0 radical (unpaired) electrons. The van der Waals surface area contributed by atoms with E-state index in [1.54, 1.807) is 0 Å². The van der Waals surface area contributed by atoms with E-state index in [0.717, 1.165) is 0 Å². The highest BCUT2D eigenvalue weighted by molar-refractivity contribution is 8.00. The summed E-state index contributed by atoms with van der Waals surface area (Å²) in [7, 11) is -3.22. The molecule has 1 saturated heterocycles. The first-order valence-corrected chi connectivity index (χ1v) is 8.05. The van der Waals surface area contributed by atoms with Crippen molar-refractivity contribution in [3.63, 3.8) is 0 Å². The maximum absolute atomic E-state index is 11.9. The molecule has 1 heterocycles. The van der Waals surface area contributed by atoms with Crippen LogP contribution in [-0.4, -0.2) is 42.3 Å². The van der Waals surface area contributed by atoms with E-state index >= 15 is 0 Å². The van der Waals surface area contributed by atoms with Crippen LogP contribution in [0, 0.1) is 11.8 Å². The Morgan fingerprint density at radius 2 is 2.06 bits per heavy atom. The number of hydrogen-bond acceptors (Lipinski definition) is 4. The van der Waals surface area contributed by atoms with Crippen LogP contribution in [0.15, 0.2) is 0 Å². The van der Waals surface area contributed by atoms with Crippen LogP contribution in [0.2, 0.25) is 0 Å². The fourth-order valence-corrected chi connectivity index (χ4v) is 4.49. The fourth-order valence-electron chi connectivity index (χ4n) is 2.00. The van der Waals surface area contributed by atoms with E-state index in [0.29, 0.717) is 0 Å². The largest absolute Gasteiger partial charge is 0.481 e. The number of halogens is 3. The first-order valence-electron chi connectivity index (χ1n) is 5.24. The second kappa shape index (κ2) is 5.68. The number of carboxylic acid groups (broad SMARTS) is 1. The third-order valence-corrected chi connectivity index (χ3v) is 5.41. The molecule has 1 aliphatic heterocycles. The van der Waals surface area contributed by atoms with E-state index in [2.05, 4.69) is 0 Å². The van der Waals surface area contributed by atoms with Gasteiger partial charge in [-0.25, -0.2) is 8.42 Å². The van der Waals surface area contributed by atoms with Gasteiger partial charge in [-0.1, -0.05) is 11.8 Å². The van der Waals surface area contributed by atoms with Gasteiger partial charge in [0.15, 0.2) is 9.84 Å². The molecule has 2 unspecified atom stereocenters. The van der Waals surface area contributed by atoms with Gasteiger partial charge < -0.3 is 5.11 Å². The van der Waals surface area contributed by atoms with Gasteiger partial charge in [0.25, 0.3) is 0 Å². The Labute approximate surface area is 107 Å². The van der Waals surface area contributed by atoms with Crippen molar-refractivity contribution >= 4 is 27.6 Å². The van der Waals surface area contributed by atoms with Gasteiger partial charge in [0.05, 0.1) is 17.4 Å². The number of carbonyl (C=O) groups is 1. The average Bonchev–Trinajstić information content (AvgIpc) is 2.51. The van der Waals surface area contributed by atoms with Gasteiger partial charge in [-0.15, -0.1) is 0 Å². The van der Waals surface area contributed by atoms with Crippen LogP contribution in [0.4, 0.5) is 13.2 Å². The van der Waals surface area contributed by atoms with Gasteiger partial charge in [-0.05, 0) is 18.8 Å². The lowest BCUT2D eigenvalue weighted by Gasteiger charge is -2.18. The Morgan fingerprint density at radius 1 is 1.44 bits per heavy atom. The molecule has 1 fully saturated rings. The van der Waals surface area contributed by atoms with Gasteiger partial charge in [-0.3, -0.25) is 4.79 Å². The Balaban J connectivity index is 2.54. The quantitative estimate of drug-likeness (QED) is 0.838. The molecule has 0 aliphatic carbocycles. The second-order valence-corrected chi connectivity index (χ2v) is 7.58. The van der Waals surface area contributed by atoms with Crippen molar-refractivity contribution in [3.8, 4) is 0 Å². The number of alkyl halides is 3. The second-order valence-electron chi connectivity index (χ2n) is 4.19. The molecule has 1 N–H and O–H groups in total. The molecule has 1 rings (SSSR count). The molecule has 0 saturated carbocycles. The summed E-state index contributed by atoms with van der Waals surface area (Å²) in [6.45, 7) is 0. The first-order chi connectivity index (χ1) is 8.11. The number of sulfone groups is 1. The van der Waals surface area contributed by atoms with Gasteiger partial charge in [0.1, 0.15) is 0 Å². The highest BCUT2D eigenvalue weighted by atomic mass is 32.2. The minimum Gasteiger partial charge on any atom is -0.481 e. The van der Waals surface area contributed by atoms with Crippen molar-refractivity contribution in [1.82, 2.24) is 0 Å². The first kappa shape index (κ1) is 15.6. The summed E-state index contributed by atoms with van der Waals surface area (Å²) >= 11 is -0.275. The molecule has 2 atom stereocenters. The van der Waals surface area contributed by atoms with Crippen LogP contribution in [0.5, 0.6) is 0 Å². The summed E-state index contributed by atoms with van der Waals surface area (Å²) in [6.07, 6.45) is 0.0513. The molecular formula is C9H13F3O4S2. The number of hydrogen-bond donors (Lipinski definition) is 1. The van der Waals surface area contributed by atoms with Crippen LogP contribution >= 0.6 is 11.8 Å². The van der Waals surface area contributed by atoms with Crippen LogP contribution in [0.25, 0.3) is 0 Å². The summed E-state index contributed by atoms with van der Waals surface area (Å²) in [5.41, 5.74) is -4.38. The summed E-state index contributed by atoms with van der Waals surface area (Å²) < 4.78 is 58.2. The lowest BCUT2D eigenvalue weighted by atomic mass is 9.90. The number of rotatable bonds is 5. The monoisotopic (exact) mass is 306 g/mol. The fraction of sp³-hybridized carbons (Fsp3) is 0.889. The minimum atomic E-state index is -4.38. The van der Waals surface area contributed by atoms with Crippen molar-refractivity contribution in [2.75, 3.05) is 17.3 Å². The van der Waals surface area contributed by atoms with Crippen LogP contribution in [-0.2, 0) is 14.6 Å². The van der Waals surface area contributed by atoms with E-state index in [1.165, 1.54) is 0 Å². The van der Waals surface area contributed by atoms with Crippen LogP contribution < -0.4 is 0 Å². The normalized spacial score (nSPS) is 24.9. The molecule has 4 nitrogen and oxygen atoms in total. The summed E-state index contributed by atoms with van der Waals surface area (Å²) in [4.78, 5) is 11.0. The van der Waals surface area contributed by atoms with Crippen LogP contribution in [0.1, 0.15) is 12.8 Å². The maximum atomic E-state index is 11.9. The molecule has 0 aromatic carbocycles. The van der Waals surface area contributed by atoms with E-state index in [1.807, 2.05) is 0 Å². The molecule has 0 amide bonds. The van der Waals surface area contributed by atoms with Crippen molar-refractivity contribution in [2.24, 2.45) is 11.8 Å². The predicted octanol–water partition coefficient (Wildman–Crippen LogP) is 1.77. The molecule has 1 aliphatic rings. The molecule has 9 heteroatoms. The van der Waals surface area contributed by atoms with Crippen molar-refractivity contribution in [2.45, 2.75) is 18.3 Å². The van der Waals surface area contributed by atoms with E-state index in [-0.39, 0.29) is 41.9 Å². The molecule has 0 spiro atoms. The van der Waals surface area contributed by atoms with Crippen molar-refractivity contribution in [1.29, 1.82) is 0 Å². The number of aliphatic carboxylic acids is 1. The highest BCUT2D eigenvalue weighted by Crippen LogP contribution is 2.34. The Morgan fingerprint density at radius 3 is 2.44 bits per heavy atom. The topological polar surface area (TPSA) is 71.4 Å². The molecule has 106 valence electrons. The lowest BCUT2D eigenvalue weighted by Crippen LogP contribution is -2.25. The van der Waals surface area contributed by atoms with Gasteiger partial charge in [-0.2, -0.15) is 13.2 Å². The summed E-state index contributed by atoms with van der Waals surface area (Å²) in [6, 6.07) is 0. The number of carboxylic acids is 1. The average molecular weight is 306 g/mol. The van der Waals surface area contributed by atoms with Gasteiger partial charge >= 0.3 is 11.5 Å². The summed E-state index contributed by atoms with van der Waals surface area (Å²) in [5.74, 6) is -3.48. The molecule has 0 bridgehead atoms. The molecule has 0 aromatic rings. The molecular weight excluding hydrogens is 293 g/mol. The Hall–Kier alpha value is -0.440. The van der Waals surface area contributed by atoms with E-state index in [9.17, 15) is 26.4 Å². The van der Waals surface area contributed by atoms with Gasteiger partial charge in [0, 0.05) is 5.75 Å². The third-order valence-electron chi connectivity index (χ3n) is 2.85. The Bertz CT molecular complexity index is 405. The lowest BCUT2D eigenvalue weighted by molar-refractivity contribution is -0.143. The van der Waals surface area contributed by atoms with Gasteiger partial charge in [0.2, 0.25) is 0 Å². The summed E-state index contributed by atoms with van der Waals surface area (Å²) in [5, 5.41) is 8.95. The SMILES string of the molecule is O=C(O)C(CCSC(F)(F)F)C1CCS(=O)(=O)C1. The van der Waals surface area contributed by atoms with E-state index in [4.69, 9.17) is 5.11 Å². The molecule has 18 heavy (non-hydrogen) atoms. The zero-order valence-electron chi connectivity index (χ0n) is 9.31. The number of thioether (sulfide) groups is 1. The van der Waals surface area contributed by atoms with E-state index < -0.39 is 33.2 Å². The zero-order valence-corrected chi connectivity index (χ0v) is 10.9. The highest BCUT2D eigenvalue weighted by Gasteiger charge is 2.38. The third kappa shape index (κ3) is 5.05. The molecule has 0 aromatic heterocycles. The predicted molar refractivity (Wildman–Crippen MR) is 61.0 cm³/mol. The van der Waals surface area contributed by atoms with Crippen LogP contribution in [0.3, 0.4) is 0 Å². The van der Waals surface area contributed by atoms with Crippen molar-refractivity contribution in [3.05, 3.63) is 0 Å². The smallest absolute Gasteiger partial charge is 0.441 e. The van der Waals surface area contributed by atoms with Crippen molar-refractivity contribution < 1.29 is 31.5 Å². The zero-order chi connectivity index (χ0) is 14.0.